The number of methoxy groups -OCH3 is 1. The third-order valence-electron chi connectivity index (χ3n) is 4.30. The van der Waals surface area contributed by atoms with Crippen LogP contribution < -0.4 is 10.1 Å². The Hall–Kier alpha value is -3.61. The summed E-state index contributed by atoms with van der Waals surface area (Å²) in [5, 5.41) is 7.02. The fourth-order valence-electron chi connectivity index (χ4n) is 2.74. The van der Waals surface area contributed by atoms with Crippen LogP contribution in [-0.4, -0.2) is 40.7 Å². The van der Waals surface area contributed by atoms with Gasteiger partial charge in [0.25, 0.3) is 11.8 Å². The Morgan fingerprint density at radius 3 is 2.43 bits per heavy atom. The van der Waals surface area contributed by atoms with Crippen LogP contribution in [0, 0.1) is 0 Å². The van der Waals surface area contributed by atoms with Crippen LogP contribution in [-0.2, 0) is 13.6 Å². The van der Waals surface area contributed by atoms with Crippen molar-refractivity contribution in [3.63, 3.8) is 0 Å². The molecule has 0 atom stereocenters. The molecule has 1 aromatic heterocycles. The number of ether oxygens (including phenoxy) is 1. The molecule has 0 aliphatic heterocycles. The van der Waals surface area contributed by atoms with Crippen molar-refractivity contribution in [1.82, 2.24) is 14.7 Å². The summed E-state index contributed by atoms with van der Waals surface area (Å²) in [6.07, 6.45) is 0. The number of aromatic nitrogens is 2. The van der Waals surface area contributed by atoms with Crippen molar-refractivity contribution in [1.29, 1.82) is 0 Å². The summed E-state index contributed by atoms with van der Waals surface area (Å²) in [7, 11) is 5.00. The maximum absolute atomic E-state index is 12.7. The van der Waals surface area contributed by atoms with E-state index in [-0.39, 0.29) is 17.5 Å². The lowest BCUT2D eigenvalue weighted by Gasteiger charge is -2.16. The standard InChI is InChI=1S/C21H22N4O3/c1-24(14-15-9-11-17(28-3)12-10-15)21(27)18-13-19(25(2)23-18)22-20(26)16-7-5-4-6-8-16/h4-13H,14H2,1-3H3,(H,22,26). The second-order valence-corrected chi connectivity index (χ2v) is 6.37. The number of carbonyl (C=O) groups excluding carboxylic acids is 2. The van der Waals surface area contributed by atoms with Gasteiger partial charge in [-0.25, -0.2) is 0 Å². The molecule has 3 rings (SSSR count). The highest BCUT2D eigenvalue weighted by molar-refractivity contribution is 6.04. The molecule has 7 nitrogen and oxygen atoms in total. The Bertz CT molecular complexity index is 965. The van der Waals surface area contributed by atoms with Gasteiger partial charge in [-0.1, -0.05) is 30.3 Å². The SMILES string of the molecule is COc1ccc(CN(C)C(=O)c2cc(NC(=O)c3ccccc3)n(C)n2)cc1. The number of aryl methyl sites for hydroxylation is 1. The van der Waals surface area contributed by atoms with Gasteiger partial charge in [0, 0.05) is 32.3 Å². The van der Waals surface area contributed by atoms with Gasteiger partial charge in [-0.3, -0.25) is 14.3 Å². The second kappa shape index (κ2) is 8.39. The molecular weight excluding hydrogens is 356 g/mol. The fourth-order valence-corrected chi connectivity index (χ4v) is 2.74. The average Bonchev–Trinajstić information content (AvgIpc) is 3.08. The minimum Gasteiger partial charge on any atom is -0.497 e. The highest BCUT2D eigenvalue weighted by atomic mass is 16.5. The molecule has 0 fully saturated rings. The predicted molar refractivity (Wildman–Crippen MR) is 106 cm³/mol. The van der Waals surface area contributed by atoms with Gasteiger partial charge in [0.15, 0.2) is 5.69 Å². The number of amides is 2. The molecular formula is C21H22N4O3. The minimum atomic E-state index is -0.255. The van der Waals surface area contributed by atoms with Gasteiger partial charge in [0.05, 0.1) is 7.11 Å². The third-order valence-corrected chi connectivity index (χ3v) is 4.30. The van der Waals surface area contributed by atoms with Crippen LogP contribution in [0.5, 0.6) is 5.75 Å². The monoisotopic (exact) mass is 378 g/mol. The largest absolute Gasteiger partial charge is 0.497 e. The molecule has 28 heavy (non-hydrogen) atoms. The van der Waals surface area contributed by atoms with E-state index in [1.165, 1.54) is 4.68 Å². The van der Waals surface area contributed by atoms with E-state index in [0.717, 1.165) is 11.3 Å². The molecule has 1 heterocycles. The molecule has 0 aliphatic rings. The van der Waals surface area contributed by atoms with Crippen LogP contribution in [0.4, 0.5) is 5.82 Å². The van der Waals surface area contributed by atoms with E-state index >= 15 is 0 Å². The first-order chi connectivity index (χ1) is 13.5. The van der Waals surface area contributed by atoms with Gasteiger partial charge in [0.2, 0.25) is 0 Å². The van der Waals surface area contributed by atoms with Crippen molar-refractivity contribution < 1.29 is 14.3 Å². The van der Waals surface area contributed by atoms with E-state index in [9.17, 15) is 9.59 Å². The molecule has 0 bridgehead atoms. The molecule has 1 N–H and O–H groups in total. The van der Waals surface area contributed by atoms with E-state index < -0.39 is 0 Å². The molecule has 2 aromatic carbocycles. The normalized spacial score (nSPS) is 10.4. The van der Waals surface area contributed by atoms with E-state index in [1.807, 2.05) is 30.3 Å². The average molecular weight is 378 g/mol. The molecule has 2 amide bonds. The lowest BCUT2D eigenvalue weighted by atomic mass is 10.2. The quantitative estimate of drug-likeness (QED) is 0.715. The number of benzene rings is 2. The van der Waals surface area contributed by atoms with E-state index in [1.54, 1.807) is 56.4 Å². The first-order valence-electron chi connectivity index (χ1n) is 8.77. The van der Waals surface area contributed by atoms with E-state index in [2.05, 4.69) is 10.4 Å². The maximum atomic E-state index is 12.7. The molecule has 0 saturated heterocycles. The van der Waals surface area contributed by atoms with Crippen molar-refractivity contribution in [2.45, 2.75) is 6.54 Å². The van der Waals surface area contributed by atoms with E-state index in [4.69, 9.17) is 4.74 Å². The number of hydrogen-bond donors (Lipinski definition) is 1. The summed E-state index contributed by atoms with van der Waals surface area (Å²) in [6, 6.07) is 18.0. The van der Waals surface area contributed by atoms with Crippen LogP contribution in [0.25, 0.3) is 0 Å². The number of anilines is 1. The zero-order chi connectivity index (χ0) is 20.1. The topological polar surface area (TPSA) is 76.5 Å². The number of carbonyl (C=O) groups is 2. The summed E-state index contributed by atoms with van der Waals surface area (Å²) >= 11 is 0. The summed E-state index contributed by atoms with van der Waals surface area (Å²) in [5.74, 6) is 0.733. The Morgan fingerprint density at radius 1 is 1.11 bits per heavy atom. The fraction of sp³-hybridized carbons (Fsp3) is 0.190. The Labute approximate surface area is 163 Å². The van der Waals surface area contributed by atoms with Gasteiger partial charge >= 0.3 is 0 Å². The molecule has 144 valence electrons. The second-order valence-electron chi connectivity index (χ2n) is 6.37. The molecule has 3 aromatic rings. The Morgan fingerprint density at radius 2 is 1.79 bits per heavy atom. The lowest BCUT2D eigenvalue weighted by Crippen LogP contribution is -2.26. The third kappa shape index (κ3) is 4.37. The van der Waals surface area contributed by atoms with E-state index in [0.29, 0.717) is 17.9 Å². The number of rotatable bonds is 6. The predicted octanol–water partition coefficient (Wildman–Crippen LogP) is 2.95. The summed E-state index contributed by atoms with van der Waals surface area (Å²) in [5.41, 5.74) is 1.78. The van der Waals surface area contributed by atoms with Gasteiger partial charge in [-0.2, -0.15) is 5.10 Å². The Kier molecular flexibility index (Phi) is 5.74. The molecule has 0 aliphatic carbocycles. The Balaban J connectivity index is 1.68. The highest BCUT2D eigenvalue weighted by Crippen LogP contribution is 2.16. The van der Waals surface area contributed by atoms with Crippen molar-refractivity contribution >= 4 is 17.6 Å². The van der Waals surface area contributed by atoms with Crippen LogP contribution in [0.1, 0.15) is 26.4 Å². The molecule has 0 radical (unpaired) electrons. The minimum absolute atomic E-state index is 0.230. The lowest BCUT2D eigenvalue weighted by molar-refractivity contribution is 0.0778. The van der Waals surface area contributed by atoms with Crippen LogP contribution in [0.2, 0.25) is 0 Å². The maximum Gasteiger partial charge on any atom is 0.274 e. The summed E-state index contributed by atoms with van der Waals surface area (Å²) in [6.45, 7) is 0.436. The summed E-state index contributed by atoms with van der Waals surface area (Å²) in [4.78, 5) is 26.6. The van der Waals surface area contributed by atoms with Crippen LogP contribution in [0.3, 0.4) is 0 Å². The molecule has 7 heteroatoms. The molecule has 0 unspecified atom stereocenters. The first kappa shape index (κ1) is 19.2. The van der Waals surface area contributed by atoms with Gasteiger partial charge in [-0.05, 0) is 29.8 Å². The van der Waals surface area contributed by atoms with Crippen LogP contribution in [0.15, 0.2) is 60.7 Å². The zero-order valence-electron chi connectivity index (χ0n) is 16.0. The molecule has 0 spiro atoms. The van der Waals surface area contributed by atoms with Gasteiger partial charge < -0.3 is 15.0 Å². The number of nitrogens with zero attached hydrogens (tertiary/aromatic N) is 3. The van der Waals surface area contributed by atoms with Crippen molar-refractivity contribution in [2.24, 2.45) is 7.05 Å². The van der Waals surface area contributed by atoms with Gasteiger partial charge in [-0.15, -0.1) is 0 Å². The smallest absolute Gasteiger partial charge is 0.274 e. The summed E-state index contributed by atoms with van der Waals surface area (Å²) < 4.78 is 6.62. The van der Waals surface area contributed by atoms with Crippen molar-refractivity contribution in [3.8, 4) is 5.75 Å². The molecule has 0 saturated carbocycles. The van der Waals surface area contributed by atoms with Crippen LogP contribution >= 0.6 is 0 Å². The van der Waals surface area contributed by atoms with Crippen molar-refractivity contribution in [3.05, 3.63) is 77.5 Å². The highest BCUT2D eigenvalue weighted by Gasteiger charge is 2.18. The first-order valence-corrected chi connectivity index (χ1v) is 8.77. The number of nitrogens with one attached hydrogen (secondary N) is 1. The van der Waals surface area contributed by atoms with Gasteiger partial charge in [0.1, 0.15) is 11.6 Å². The number of hydrogen-bond acceptors (Lipinski definition) is 4. The zero-order valence-corrected chi connectivity index (χ0v) is 16.0. The van der Waals surface area contributed by atoms with Crippen molar-refractivity contribution in [2.75, 3.05) is 19.5 Å².